The number of hydrogen-bond acceptors (Lipinski definition) is 7. The summed E-state index contributed by atoms with van der Waals surface area (Å²) in [5.74, 6) is -1.30. The fraction of sp³-hybridized carbons (Fsp3) is 0. The first-order valence-electron chi connectivity index (χ1n) is 6.73. The summed E-state index contributed by atoms with van der Waals surface area (Å²) in [5.41, 5.74) is -1.60. The molecule has 5 N–H and O–H groups in total. The van der Waals surface area contributed by atoms with E-state index in [0.29, 0.717) is 6.07 Å². The van der Waals surface area contributed by atoms with Crippen LogP contribution in [-0.2, 0) is 20.0 Å². The maximum Gasteiger partial charge on any atom is 0.335 e. The Balaban J connectivity index is 2.60. The smallest absolute Gasteiger partial charge is 0.335 e. The molecule has 0 fully saturated rings. The predicted octanol–water partition coefficient (Wildman–Crippen LogP) is -0.0608. The van der Waals surface area contributed by atoms with E-state index in [9.17, 15) is 26.4 Å². The van der Waals surface area contributed by atoms with Crippen LogP contribution in [0, 0.1) is 0 Å². The van der Waals surface area contributed by atoms with Gasteiger partial charge in [0.1, 0.15) is 10.5 Å². The molecule has 1 heterocycles. The Morgan fingerprint density at radius 3 is 2.15 bits per heavy atom. The Kier molecular flexibility index (Phi) is 3.88. The van der Waals surface area contributed by atoms with Crippen molar-refractivity contribution >= 4 is 48.0 Å². The molecule has 0 unspecified atom stereocenters. The summed E-state index contributed by atoms with van der Waals surface area (Å²) in [4.78, 5) is 22.4. The topological polar surface area (TPSA) is 188 Å². The normalized spacial score (nSPS) is 12.5. The van der Waals surface area contributed by atoms with Gasteiger partial charge in [0, 0.05) is 0 Å². The molecule has 10 nitrogen and oxygen atoms in total. The number of carboxylic acid groups (broad SMARTS) is 1. The highest BCUT2D eigenvalue weighted by Crippen LogP contribution is 2.27. The molecule has 0 spiro atoms. The second-order valence-corrected chi connectivity index (χ2v) is 8.43. The standard InChI is InChI=1S/C14H10N2O8S2/c15-25(20,21)7-4-9-12(17)8-3-6(14(18)19)1-2-10(8)24-13(9)11(5-7)26(16,22)23/h1-5H,(H,18,19)(H2,15,20,21)(H2,16,22,23). The van der Waals surface area contributed by atoms with Gasteiger partial charge in [0.2, 0.25) is 25.5 Å². The molecule has 12 heteroatoms. The first-order chi connectivity index (χ1) is 11.9. The van der Waals surface area contributed by atoms with Crippen molar-refractivity contribution in [2.75, 3.05) is 0 Å². The van der Waals surface area contributed by atoms with E-state index in [4.69, 9.17) is 19.8 Å². The molecule has 26 heavy (non-hydrogen) atoms. The van der Waals surface area contributed by atoms with Crippen molar-refractivity contribution in [2.24, 2.45) is 10.3 Å². The number of fused-ring (bicyclic) bond motifs is 2. The van der Waals surface area contributed by atoms with E-state index in [1.807, 2.05) is 0 Å². The Morgan fingerprint density at radius 2 is 1.62 bits per heavy atom. The highest BCUT2D eigenvalue weighted by molar-refractivity contribution is 7.90. The molecule has 0 atom stereocenters. The number of primary sulfonamides is 2. The summed E-state index contributed by atoms with van der Waals surface area (Å²) in [6.45, 7) is 0. The lowest BCUT2D eigenvalue weighted by Crippen LogP contribution is -2.18. The Hall–Kier alpha value is -2.80. The van der Waals surface area contributed by atoms with Gasteiger partial charge in [-0.05, 0) is 30.3 Å². The van der Waals surface area contributed by atoms with Crippen LogP contribution >= 0.6 is 0 Å². The van der Waals surface area contributed by atoms with E-state index in [1.165, 1.54) is 6.07 Å². The Bertz CT molecular complexity index is 1370. The van der Waals surface area contributed by atoms with Gasteiger partial charge in [-0.2, -0.15) is 0 Å². The van der Waals surface area contributed by atoms with Crippen LogP contribution in [0.3, 0.4) is 0 Å². The molecule has 0 amide bonds. The van der Waals surface area contributed by atoms with E-state index < -0.39 is 52.2 Å². The number of carbonyl (C=O) groups is 1. The van der Waals surface area contributed by atoms with Gasteiger partial charge in [0.05, 0.1) is 21.2 Å². The van der Waals surface area contributed by atoms with Crippen LogP contribution in [-0.4, -0.2) is 27.9 Å². The largest absolute Gasteiger partial charge is 0.478 e. The monoisotopic (exact) mass is 398 g/mol. The van der Waals surface area contributed by atoms with Crippen LogP contribution in [0.5, 0.6) is 0 Å². The van der Waals surface area contributed by atoms with Crippen molar-refractivity contribution in [2.45, 2.75) is 9.79 Å². The number of hydrogen-bond donors (Lipinski definition) is 3. The number of nitrogens with two attached hydrogens (primary N) is 2. The lowest BCUT2D eigenvalue weighted by Gasteiger charge is -2.08. The van der Waals surface area contributed by atoms with Crippen LogP contribution in [0.1, 0.15) is 10.4 Å². The minimum atomic E-state index is -4.47. The molecule has 0 aliphatic heterocycles. The van der Waals surface area contributed by atoms with Crippen molar-refractivity contribution in [1.29, 1.82) is 0 Å². The summed E-state index contributed by atoms with van der Waals surface area (Å²) < 4.78 is 52.2. The Labute approximate surface area is 145 Å². The van der Waals surface area contributed by atoms with Gasteiger partial charge in [-0.3, -0.25) is 4.79 Å². The lowest BCUT2D eigenvalue weighted by molar-refractivity contribution is 0.0697. The van der Waals surface area contributed by atoms with Gasteiger partial charge in [0.15, 0.2) is 5.58 Å². The number of benzene rings is 2. The number of rotatable bonds is 3. The quantitative estimate of drug-likeness (QED) is 0.511. The van der Waals surface area contributed by atoms with Gasteiger partial charge in [-0.25, -0.2) is 31.9 Å². The molecule has 136 valence electrons. The molecule has 3 rings (SSSR count). The van der Waals surface area contributed by atoms with E-state index in [-0.39, 0.29) is 16.5 Å². The van der Waals surface area contributed by atoms with Crippen LogP contribution in [0.2, 0.25) is 0 Å². The zero-order valence-electron chi connectivity index (χ0n) is 12.7. The first-order valence-corrected chi connectivity index (χ1v) is 9.82. The molecule has 0 aliphatic carbocycles. The highest BCUT2D eigenvalue weighted by Gasteiger charge is 2.23. The van der Waals surface area contributed by atoms with Gasteiger partial charge in [0.25, 0.3) is 0 Å². The average Bonchev–Trinajstić information content (AvgIpc) is 2.52. The van der Waals surface area contributed by atoms with Crippen molar-refractivity contribution in [1.82, 2.24) is 0 Å². The second kappa shape index (κ2) is 5.60. The van der Waals surface area contributed by atoms with Gasteiger partial charge in [-0.1, -0.05) is 0 Å². The maximum absolute atomic E-state index is 12.7. The Morgan fingerprint density at radius 1 is 0.962 bits per heavy atom. The van der Waals surface area contributed by atoms with E-state index >= 15 is 0 Å². The van der Waals surface area contributed by atoms with E-state index in [1.54, 1.807) is 0 Å². The first kappa shape index (κ1) is 18.0. The molecule has 0 aliphatic rings. The van der Waals surface area contributed by atoms with Crippen LogP contribution in [0.15, 0.2) is 49.3 Å². The number of carboxylic acids is 1. The molecule has 0 bridgehead atoms. The minimum absolute atomic E-state index is 0.0965. The summed E-state index contributed by atoms with van der Waals surface area (Å²) in [6.07, 6.45) is 0. The predicted molar refractivity (Wildman–Crippen MR) is 89.7 cm³/mol. The lowest BCUT2D eigenvalue weighted by atomic mass is 10.1. The third-order valence-electron chi connectivity index (χ3n) is 3.59. The molecule has 0 saturated heterocycles. The molecular formula is C14H10N2O8S2. The van der Waals surface area contributed by atoms with Crippen molar-refractivity contribution in [3.8, 4) is 0 Å². The van der Waals surface area contributed by atoms with Crippen molar-refractivity contribution in [3.63, 3.8) is 0 Å². The average molecular weight is 398 g/mol. The van der Waals surface area contributed by atoms with E-state index in [2.05, 4.69) is 0 Å². The molecule has 0 saturated carbocycles. The summed E-state index contributed by atoms with van der Waals surface area (Å²) >= 11 is 0. The summed E-state index contributed by atoms with van der Waals surface area (Å²) in [5, 5.41) is 18.5. The minimum Gasteiger partial charge on any atom is -0.478 e. The molecule has 1 aromatic heterocycles. The number of aromatic carboxylic acids is 1. The summed E-state index contributed by atoms with van der Waals surface area (Å²) in [6, 6.07) is 4.91. The summed E-state index contributed by atoms with van der Waals surface area (Å²) in [7, 11) is -8.83. The van der Waals surface area contributed by atoms with Crippen LogP contribution < -0.4 is 15.7 Å². The second-order valence-electron chi connectivity index (χ2n) is 5.34. The van der Waals surface area contributed by atoms with Gasteiger partial charge < -0.3 is 9.52 Å². The van der Waals surface area contributed by atoms with Crippen LogP contribution in [0.4, 0.5) is 0 Å². The van der Waals surface area contributed by atoms with Crippen molar-refractivity contribution < 1.29 is 31.2 Å². The molecule has 0 radical (unpaired) electrons. The van der Waals surface area contributed by atoms with Gasteiger partial charge in [-0.15, -0.1) is 0 Å². The third kappa shape index (κ3) is 2.94. The fourth-order valence-electron chi connectivity index (χ4n) is 2.41. The van der Waals surface area contributed by atoms with Crippen molar-refractivity contribution in [3.05, 3.63) is 46.1 Å². The number of sulfonamides is 2. The fourth-order valence-corrected chi connectivity index (χ4v) is 3.75. The maximum atomic E-state index is 12.7. The van der Waals surface area contributed by atoms with Gasteiger partial charge >= 0.3 is 5.97 Å². The molecule has 2 aromatic carbocycles. The molecular weight excluding hydrogens is 388 g/mol. The molecule has 3 aromatic rings. The van der Waals surface area contributed by atoms with E-state index in [0.717, 1.165) is 18.2 Å². The zero-order chi connectivity index (χ0) is 19.4. The van der Waals surface area contributed by atoms with Crippen LogP contribution in [0.25, 0.3) is 21.9 Å². The zero-order valence-corrected chi connectivity index (χ0v) is 14.3. The third-order valence-corrected chi connectivity index (χ3v) is 5.40. The SMILES string of the molecule is NS(=O)(=O)c1cc(S(N)(=O)=O)c2oc3ccc(C(=O)O)cc3c(=O)c2c1. The highest BCUT2D eigenvalue weighted by atomic mass is 32.2.